The summed E-state index contributed by atoms with van der Waals surface area (Å²) >= 11 is 0. The first-order valence-electron chi connectivity index (χ1n) is 4.93. The van der Waals surface area contributed by atoms with Gasteiger partial charge in [0.2, 0.25) is 5.91 Å². The molecule has 0 spiro atoms. The van der Waals surface area contributed by atoms with Gasteiger partial charge >= 0.3 is 5.97 Å². The number of hydrogen-bond donors (Lipinski definition) is 0. The SMILES string of the molecule is COC(=O)CCCN(C)CC(=O)N(C)C. The minimum atomic E-state index is -0.206. The first kappa shape index (κ1) is 13.9. The van der Waals surface area contributed by atoms with Gasteiger partial charge in [0, 0.05) is 20.5 Å². The third-order valence-electron chi connectivity index (χ3n) is 2.05. The maximum absolute atomic E-state index is 11.3. The number of likely N-dealkylation sites (N-methyl/N-ethyl adjacent to an activating group) is 2. The van der Waals surface area contributed by atoms with E-state index in [1.54, 1.807) is 19.0 Å². The minimum Gasteiger partial charge on any atom is -0.469 e. The van der Waals surface area contributed by atoms with Crippen LogP contribution in [0.3, 0.4) is 0 Å². The van der Waals surface area contributed by atoms with Crippen molar-refractivity contribution in [2.24, 2.45) is 0 Å². The normalized spacial score (nSPS) is 10.2. The predicted molar refractivity (Wildman–Crippen MR) is 57.4 cm³/mol. The van der Waals surface area contributed by atoms with Crippen LogP contribution >= 0.6 is 0 Å². The molecule has 0 aromatic carbocycles. The van der Waals surface area contributed by atoms with E-state index < -0.39 is 0 Å². The lowest BCUT2D eigenvalue weighted by Gasteiger charge is -2.18. The van der Waals surface area contributed by atoms with Crippen molar-refractivity contribution in [3.8, 4) is 0 Å². The zero-order valence-electron chi connectivity index (χ0n) is 9.95. The molecule has 0 N–H and O–H groups in total. The van der Waals surface area contributed by atoms with Crippen molar-refractivity contribution < 1.29 is 14.3 Å². The Bertz CT molecular complexity index is 217. The Morgan fingerprint density at radius 2 is 1.80 bits per heavy atom. The number of hydrogen-bond acceptors (Lipinski definition) is 4. The van der Waals surface area contributed by atoms with Gasteiger partial charge in [0.1, 0.15) is 0 Å². The van der Waals surface area contributed by atoms with Crippen molar-refractivity contribution in [1.29, 1.82) is 0 Å². The van der Waals surface area contributed by atoms with Gasteiger partial charge < -0.3 is 9.64 Å². The molecule has 0 aliphatic heterocycles. The summed E-state index contributed by atoms with van der Waals surface area (Å²) in [6, 6.07) is 0. The highest BCUT2D eigenvalue weighted by Gasteiger charge is 2.08. The number of methoxy groups -OCH3 is 1. The van der Waals surface area contributed by atoms with Crippen molar-refractivity contribution >= 4 is 11.9 Å². The third kappa shape index (κ3) is 6.90. The molecule has 0 radical (unpaired) electrons. The molecule has 0 bridgehead atoms. The molecule has 0 aromatic rings. The van der Waals surface area contributed by atoms with Crippen molar-refractivity contribution in [1.82, 2.24) is 9.80 Å². The van der Waals surface area contributed by atoms with Gasteiger partial charge in [-0.2, -0.15) is 0 Å². The molecule has 88 valence electrons. The Kier molecular flexibility index (Phi) is 6.70. The first-order valence-corrected chi connectivity index (χ1v) is 4.93. The molecule has 0 fully saturated rings. The number of carbonyl (C=O) groups is 2. The molecule has 5 heteroatoms. The Balaban J connectivity index is 3.62. The lowest BCUT2D eigenvalue weighted by atomic mass is 10.3. The summed E-state index contributed by atoms with van der Waals surface area (Å²) in [5.74, 6) is -0.141. The summed E-state index contributed by atoms with van der Waals surface area (Å²) in [6.45, 7) is 1.10. The molecule has 5 nitrogen and oxygen atoms in total. The number of ether oxygens (including phenoxy) is 1. The van der Waals surface area contributed by atoms with Gasteiger partial charge in [-0.3, -0.25) is 14.5 Å². The van der Waals surface area contributed by atoms with E-state index in [0.717, 1.165) is 0 Å². The Hall–Kier alpha value is -1.10. The van der Waals surface area contributed by atoms with Gasteiger partial charge in [-0.1, -0.05) is 0 Å². The van der Waals surface area contributed by atoms with E-state index in [9.17, 15) is 9.59 Å². The standard InChI is InChI=1S/C10H20N2O3/c1-11(2)9(13)8-12(3)7-5-6-10(14)15-4/h5-8H2,1-4H3. The first-order chi connectivity index (χ1) is 6.97. The summed E-state index contributed by atoms with van der Waals surface area (Å²) in [6.07, 6.45) is 1.11. The van der Waals surface area contributed by atoms with Crippen LogP contribution in [-0.4, -0.2) is 63.0 Å². The van der Waals surface area contributed by atoms with Crippen LogP contribution in [0, 0.1) is 0 Å². The van der Waals surface area contributed by atoms with E-state index in [-0.39, 0.29) is 11.9 Å². The molecule has 0 aromatic heterocycles. The number of esters is 1. The monoisotopic (exact) mass is 216 g/mol. The number of carbonyl (C=O) groups excluding carboxylic acids is 2. The van der Waals surface area contributed by atoms with Crippen LogP contribution in [0.25, 0.3) is 0 Å². The van der Waals surface area contributed by atoms with Crippen LogP contribution in [-0.2, 0) is 14.3 Å². The molecule has 0 heterocycles. The molecule has 0 atom stereocenters. The average Bonchev–Trinajstić information content (AvgIpc) is 2.17. The van der Waals surface area contributed by atoms with Crippen molar-refractivity contribution in [2.45, 2.75) is 12.8 Å². The highest BCUT2D eigenvalue weighted by Crippen LogP contribution is 1.95. The maximum atomic E-state index is 11.3. The summed E-state index contributed by atoms with van der Waals surface area (Å²) < 4.78 is 4.52. The van der Waals surface area contributed by atoms with Gasteiger partial charge in [-0.05, 0) is 20.0 Å². The maximum Gasteiger partial charge on any atom is 0.305 e. The lowest BCUT2D eigenvalue weighted by molar-refractivity contribution is -0.140. The quantitative estimate of drug-likeness (QED) is 0.585. The van der Waals surface area contributed by atoms with Crippen molar-refractivity contribution in [2.75, 3.05) is 41.3 Å². The van der Waals surface area contributed by atoms with Gasteiger partial charge in [0.05, 0.1) is 13.7 Å². The predicted octanol–water partition coefficient (Wildman–Crippen LogP) is -0.0404. The number of rotatable bonds is 6. The fraction of sp³-hybridized carbons (Fsp3) is 0.800. The molecule has 0 rings (SSSR count). The molecule has 0 aliphatic rings. The van der Waals surface area contributed by atoms with E-state index in [1.165, 1.54) is 7.11 Å². The fourth-order valence-corrected chi connectivity index (χ4v) is 1.05. The summed E-state index contributed by atoms with van der Waals surface area (Å²) in [7, 11) is 6.69. The molecule has 1 amide bonds. The minimum absolute atomic E-state index is 0.0653. The third-order valence-corrected chi connectivity index (χ3v) is 2.05. The van der Waals surface area contributed by atoms with Crippen LogP contribution in [0.15, 0.2) is 0 Å². The number of nitrogens with zero attached hydrogens (tertiary/aromatic N) is 2. The molecular weight excluding hydrogens is 196 g/mol. The smallest absolute Gasteiger partial charge is 0.305 e. The molecular formula is C10H20N2O3. The van der Waals surface area contributed by atoms with Gasteiger partial charge in [0.25, 0.3) is 0 Å². The zero-order valence-corrected chi connectivity index (χ0v) is 9.95. The Morgan fingerprint density at radius 1 is 1.20 bits per heavy atom. The summed E-state index contributed by atoms with van der Waals surface area (Å²) in [5, 5.41) is 0. The average molecular weight is 216 g/mol. The van der Waals surface area contributed by atoms with E-state index in [4.69, 9.17) is 0 Å². The van der Waals surface area contributed by atoms with E-state index >= 15 is 0 Å². The van der Waals surface area contributed by atoms with E-state index in [0.29, 0.717) is 25.9 Å². The molecule has 0 saturated heterocycles. The second kappa shape index (κ2) is 7.23. The lowest BCUT2D eigenvalue weighted by Crippen LogP contribution is -2.34. The van der Waals surface area contributed by atoms with Crippen LogP contribution in [0.2, 0.25) is 0 Å². The second-order valence-electron chi connectivity index (χ2n) is 3.71. The molecule has 0 aliphatic carbocycles. The highest BCUT2D eigenvalue weighted by molar-refractivity contribution is 5.77. The van der Waals surface area contributed by atoms with Crippen LogP contribution in [0.1, 0.15) is 12.8 Å². The van der Waals surface area contributed by atoms with E-state index in [2.05, 4.69) is 4.74 Å². The van der Waals surface area contributed by atoms with Gasteiger partial charge in [-0.25, -0.2) is 0 Å². The van der Waals surface area contributed by atoms with E-state index in [1.807, 2.05) is 11.9 Å². The Morgan fingerprint density at radius 3 is 2.27 bits per heavy atom. The second-order valence-corrected chi connectivity index (χ2v) is 3.71. The summed E-state index contributed by atoms with van der Waals surface area (Å²) in [5.41, 5.74) is 0. The highest BCUT2D eigenvalue weighted by atomic mass is 16.5. The zero-order chi connectivity index (χ0) is 11.8. The number of amides is 1. The van der Waals surface area contributed by atoms with Gasteiger partial charge in [-0.15, -0.1) is 0 Å². The van der Waals surface area contributed by atoms with Gasteiger partial charge in [0.15, 0.2) is 0 Å². The molecule has 0 unspecified atom stereocenters. The topological polar surface area (TPSA) is 49.9 Å². The molecule has 15 heavy (non-hydrogen) atoms. The fourth-order valence-electron chi connectivity index (χ4n) is 1.05. The summed E-state index contributed by atoms with van der Waals surface area (Å²) in [4.78, 5) is 25.6. The van der Waals surface area contributed by atoms with Crippen LogP contribution < -0.4 is 0 Å². The molecule has 0 saturated carbocycles. The van der Waals surface area contributed by atoms with Crippen molar-refractivity contribution in [3.05, 3.63) is 0 Å². The van der Waals surface area contributed by atoms with Crippen LogP contribution in [0.4, 0.5) is 0 Å². The van der Waals surface area contributed by atoms with Crippen LogP contribution in [0.5, 0.6) is 0 Å². The largest absolute Gasteiger partial charge is 0.469 e. The Labute approximate surface area is 91.0 Å². The van der Waals surface area contributed by atoms with Crippen molar-refractivity contribution in [3.63, 3.8) is 0 Å².